The molecule has 0 saturated carbocycles. The molecule has 7 nitrogen and oxygen atoms in total. The van der Waals surface area contributed by atoms with Crippen molar-refractivity contribution in [1.29, 1.82) is 0 Å². The van der Waals surface area contributed by atoms with Crippen LogP contribution in [0.25, 0.3) is 0 Å². The monoisotopic (exact) mass is 362 g/mol. The van der Waals surface area contributed by atoms with Crippen molar-refractivity contribution in [1.82, 2.24) is 10.2 Å². The summed E-state index contributed by atoms with van der Waals surface area (Å²) >= 11 is 0. The number of nitrogens with one attached hydrogen (secondary N) is 1. The molecule has 1 heterocycles. The first-order chi connectivity index (χ1) is 12.4. The second-order valence-corrected chi connectivity index (χ2v) is 5.57. The van der Waals surface area contributed by atoms with E-state index in [2.05, 4.69) is 5.32 Å². The van der Waals surface area contributed by atoms with E-state index in [1.165, 1.54) is 37.6 Å². The van der Waals surface area contributed by atoms with Crippen LogP contribution in [0.5, 0.6) is 0 Å². The van der Waals surface area contributed by atoms with Gasteiger partial charge in [0.2, 0.25) is 5.91 Å². The molecule has 0 aliphatic rings. The molecule has 1 N–H and O–H groups in total. The third-order valence-corrected chi connectivity index (χ3v) is 3.46. The van der Waals surface area contributed by atoms with Crippen LogP contribution in [-0.4, -0.2) is 42.9 Å². The highest BCUT2D eigenvalue weighted by atomic mass is 19.1. The van der Waals surface area contributed by atoms with Crippen molar-refractivity contribution in [3.63, 3.8) is 0 Å². The number of furan rings is 1. The minimum atomic E-state index is -0.611. The second kappa shape index (κ2) is 9.36. The first kappa shape index (κ1) is 19.2. The zero-order chi connectivity index (χ0) is 18.9. The van der Waals surface area contributed by atoms with Crippen LogP contribution in [0, 0.1) is 5.82 Å². The SMILES string of the molecule is CN(CC(=O)NCc1ccco1)C(=O)COC(=O)Cc1ccc(F)cc1. The second-order valence-electron chi connectivity index (χ2n) is 5.57. The number of halogens is 1. The number of hydrogen-bond donors (Lipinski definition) is 1. The molecule has 0 atom stereocenters. The highest BCUT2D eigenvalue weighted by molar-refractivity contribution is 5.86. The van der Waals surface area contributed by atoms with Crippen molar-refractivity contribution >= 4 is 17.8 Å². The lowest BCUT2D eigenvalue weighted by Gasteiger charge is -2.16. The van der Waals surface area contributed by atoms with E-state index in [-0.39, 0.29) is 25.4 Å². The molecule has 2 amide bonds. The molecule has 0 spiro atoms. The fourth-order valence-electron chi connectivity index (χ4n) is 2.03. The van der Waals surface area contributed by atoms with Gasteiger partial charge in [0, 0.05) is 7.05 Å². The maximum Gasteiger partial charge on any atom is 0.310 e. The Hall–Kier alpha value is -3.16. The van der Waals surface area contributed by atoms with Gasteiger partial charge in [-0.3, -0.25) is 14.4 Å². The van der Waals surface area contributed by atoms with Gasteiger partial charge in [-0.2, -0.15) is 0 Å². The Morgan fingerprint density at radius 2 is 1.92 bits per heavy atom. The van der Waals surface area contributed by atoms with Crippen molar-refractivity contribution in [2.45, 2.75) is 13.0 Å². The summed E-state index contributed by atoms with van der Waals surface area (Å²) in [5.74, 6) is -1.28. The number of carbonyl (C=O) groups excluding carboxylic acids is 3. The molecular weight excluding hydrogens is 343 g/mol. The molecule has 0 radical (unpaired) electrons. The summed E-state index contributed by atoms with van der Waals surface area (Å²) in [6.07, 6.45) is 1.43. The van der Waals surface area contributed by atoms with Gasteiger partial charge in [0.25, 0.3) is 5.91 Å². The number of carbonyl (C=O) groups is 3. The van der Waals surface area contributed by atoms with E-state index in [1.54, 1.807) is 12.1 Å². The highest BCUT2D eigenvalue weighted by Crippen LogP contribution is 2.04. The molecule has 2 aromatic rings. The van der Waals surface area contributed by atoms with Crippen LogP contribution in [0.4, 0.5) is 4.39 Å². The summed E-state index contributed by atoms with van der Waals surface area (Å²) < 4.78 is 22.8. The molecule has 0 saturated heterocycles. The Bertz CT molecular complexity index is 743. The van der Waals surface area contributed by atoms with E-state index in [0.717, 1.165) is 4.90 Å². The van der Waals surface area contributed by atoms with Gasteiger partial charge >= 0.3 is 5.97 Å². The van der Waals surface area contributed by atoms with Crippen molar-refractivity contribution < 1.29 is 27.9 Å². The number of likely N-dealkylation sites (N-methyl/N-ethyl adjacent to an activating group) is 1. The Morgan fingerprint density at radius 3 is 2.58 bits per heavy atom. The minimum absolute atomic E-state index is 0.0685. The van der Waals surface area contributed by atoms with Crippen LogP contribution < -0.4 is 5.32 Å². The summed E-state index contributed by atoms with van der Waals surface area (Å²) in [4.78, 5) is 36.5. The molecule has 138 valence electrons. The van der Waals surface area contributed by atoms with Crippen LogP contribution in [0.1, 0.15) is 11.3 Å². The quantitative estimate of drug-likeness (QED) is 0.715. The smallest absolute Gasteiger partial charge is 0.310 e. The first-order valence-electron chi connectivity index (χ1n) is 7.87. The fourth-order valence-corrected chi connectivity index (χ4v) is 2.03. The number of benzene rings is 1. The van der Waals surface area contributed by atoms with E-state index < -0.39 is 24.3 Å². The van der Waals surface area contributed by atoms with Gasteiger partial charge in [0.05, 0.1) is 25.8 Å². The summed E-state index contributed by atoms with van der Waals surface area (Å²) in [5, 5.41) is 2.61. The lowest BCUT2D eigenvalue weighted by atomic mass is 10.1. The van der Waals surface area contributed by atoms with Gasteiger partial charge in [0.1, 0.15) is 11.6 Å². The Balaban J connectivity index is 1.68. The van der Waals surface area contributed by atoms with Gasteiger partial charge < -0.3 is 19.4 Å². The van der Waals surface area contributed by atoms with Gasteiger partial charge in [0.15, 0.2) is 6.61 Å². The summed E-state index contributed by atoms with van der Waals surface area (Å²) in [6.45, 7) is -0.419. The number of nitrogens with zero attached hydrogens (tertiary/aromatic N) is 1. The van der Waals surface area contributed by atoms with Crippen LogP contribution in [0.3, 0.4) is 0 Å². The standard InChI is InChI=1S/C18H19FN2O5/c1-21(11-16(22)20-10-15-3-2-8-25-15)17(23)12-26-18(24)9-13-4-6-14(19)7-5-13/h2-8H,9-12H2,1H3,(H,20,22). The molecule has 0 unspecified atom stereocenters. The van der Waals surface area contributed by atoms with Crippen molar-refractivity contribution in [2.24, 2.45) is 0 Å². The van der Waals surface area contributed by atoms with E-state index >= 15 is 0 Å². The van der Waals surface area contributed by atoms with E-state index in [4.69, 9.17) is 9.15 Å². The van der Waals surface area contributed by atoms with E-state index in [0.29, 0.717) is 11.3 Å². The van der Waals surface area contributed by atoms with Gasteiger partial charge in [-0.15, -0.1) is 0 Å². The molecule has 1 aromatic heterocycles. The maximum absolute atomic E-state index is 12.8. The summed E-state index contributed by atoms with van der Waals surface area (Å²) in [7, 11) is 1.43. The van der Waals surface area contributed by atoms with Crippen LogP contribution >= 0.6 is 0 Å². The number of rotatable bonds is 8. The van der Waals surface area contributed by atoms with Gasteiger partial charge in [-0.05, 0) is 29.8 Å². The molecule has 0 bridgehead atoms. The van der Waals surface area contributed by atoms with Crippen LogP contribution in [0.15, 0.2) is 47.1 Å². The van der Waals surface area contributed by atoms with Crippen molar-refractivity contribution in [3.05, 3.63) is 59.8 Å². The Morgan fingerprint density at radius 1 is 1.19 bits per heavy atom. The fraction of sp³-hybridized carbons (Fsp3) is 0.278. The van der Waals surface area contributed by atoms with Crippen LogP contribution in [-0.2, 0) is 32.1 Å². The maximum atomic E-state index is 12.8. The molecule has 0 fully saturated rings. The molecule has 1 aromatic carbocycles. The lowest BCUT2D eigenvalue weighted by molar-refractivity contribution is -0.151. The third-order valence-electron chi connectivity index (χ3n) is 3.46. The van der Waals surface area contributed by atoms with Gasteiger partial charge in [-0.25, -0.2) is 4.39 Å². The average molecular weight is 362 g/mol. The highest BCUT2D eigenvalue weighted by Gasteiger charge is 2.15. The van der Waals surface area contributed by atoms with E-state index in [9.17, 15) is 18.8 Å². The molecule has 8 heteroatoms. The number of amides is 2. The predicted molar refractivity (Wildman–Crippen MR) is 89.3 cm³/mol. The van der Waals surface area contributed by atoms with Crippen molar-refractivity contribution in [2.75, 3.05) is 20.2 Å². The van der Waals surface area contributed by atoms with E-state index in [1.807, 2.05) is 0 Å². The molecule has 26 heavy (non-hydrogen) atoms. The normalized spacial score (nSPS) is 10.2. The Kier molecular flexibility index (Phi) is 6.90. The predicted octanol–water partition coefficient (Wildman–Crippen LogP) is 1.28. The summed E-state index contributed by atoms with van der Waals surface area (Å²) in [6, 6.07) is 8.83. The third kappa shape index (κ3) is 6.39. The molecule has 0 aliphatic carbocycles. The molecular formula is C18H19FN2O5. The number of hydrogen-bond acceptors (Lipinski definition) is 5. The summed E-state index contributed by atoms with van der Waals surface area (Å²) in [5.41, 5.74) is 0.578. The molecule has 0 aliphatic heterocycles. The minimum Gasteiger partial charge on any atom is -0.467 e. The number of ether oxygens (including phenoxy) is 1. The topological polar surface area (TPSA) is 88.8 Å². The van der Waals surface area contributed by atoms with Gasteiger partial charge in [-0.1, -0.05) is 12.1 Å². The average Bonchev–Trinajstić information content (AvgIpc) is 3.13. The first-order valence-corrected chi connectivity index (χ1v) is 7.87. The zero-order valence-corrected chi connectivity index (χ0v) is 14.2. The molecule has 2 rings (SSSR count). The Labute approximate surface area is 149 Å². The van der Waals surface area contributed by atoms with Crippen molar-refractivity contribution in [3.8, 4) is 0 Å². The zero-order valence-electron chi connectivity index (χ0n) is 14.2. The largest absolute Gasteiger partial charge is 0.467 e. The van der Waals surface area contributed by atoms with Crippen LogP contribution in [0.2, 0.25) is 0 Å². The lowest BCUT2D eigenvalue weighted by Crippen LogP contribution is -2.40. The number of esters is 1.